The summed E-state index contributed by atoms with van der Waals surface area (Å²) in [6, 6.07) is 2.48. The van der Waals surface area contributed by atoms with Gasteiger partial charge < -0.3 is 10.2 Å². The normalized spacial score (nSPS) is 21.6. The molecule has 0 saturated carbocycles. The number of hydrogen-bond acceptors (Lipinski definition) is 5. The first-order valence-electron chi connectivity index (χ1n) is 6.27. The van der Waals surface area contributed by atoms with E-state index >= 15 is 0 Å². The second-order valence-electron chi connectivity index (χ2n) is 4.90. The average Bonchev–Trinajstić information content (AvgIpc) is 2.27. The van der Waals surface area contributed by atoms with E-state index < -0.39 is 0 Å². The van der Waals surface area contributed by atoms with Gasteiger partial charge in [-0.2, -0.15) is 0 Å². The van der Waals surface area contributed by atoms with E-state index in [0.717, 1.165) is 37.7 Å². The van der Waals surface area contributed by atoms with E-state index in [9.17, 15) is 4.79 Å². The van der Waals surface area contributed by atoms with Gasteiger partial charge in [-0.25, -0.2) is 9.97 Å². The lowest BCUT2D eigenvalue weighted by molar-refractivity contribution is -0.125. The number of anilines is 1. The molecule has 2 aliphatic heterocycles. The monoisotopic (exact) mass is 247 g/mol. The minimum atomic E-state index is 0.137. The van der Waals surface area contributed by atoms with E-state index in [1.807, 2.05) is 13.0 Å². The number of amides is 1. The molecule has 0 aliphatic carbocycles. The lowest BCUT2D eigenvalue weighted by Crippen LogP contribution is -2.64. The highest BCUT2D eigenvalue weighted by Crippen LogP contribution is 2.22. The Bertz CT molecular complexity index is 458. The molecule has 3 rings (SSSR count). The molecule has 2 aliphatic rings. The maximum absolute atomic E-state index is 11.3. The van der Waals surface area contributed by atoms with Gasteiger partial charge in [-0.1, -0.05) is 0 Å². The van der Waals surface area contributed by atoms with Crippen molar-refractivity contribution in [1.82, 2.24) is 20.2 Å². The van der Waals surface area contributed by atoms with Crippen LogP contribution in [-0.4, -0.2) is 59.5 Å². The smallest absolute Gasteiger partial charge is 0.234 e. The molecule has 1 aromatic rings. The summed E-state index contributed by atoms with van der Waals surface area (Å²) in [7, 11) is 0. The van der Waals surface area contributed by atoms with Gasteiger partial charge in [0.05, 0.1) is 6.54 Å². The van der Waals surface area contributed by atoms with Crippen LogP contribution >= 0.6 is 0 Å². The van der Waals surface area contributed by atoms with Gasteiger partial charge in [0.1, 0.15) is 12.1 Å². The van der Waals surface area contributed by atoms with Gasteiger partial charge in [0, 0.05) is 44.0 Å². The maximum Gasteiger partial charge on any atom is 0.234 e. The standard InChI is InChI=1S/C12H17N5O/c1-9-4-11(15-8-14-9)17-5-10(6-17)16-3-2-13-12(18)7-16/h4,8,10H,2-3,5-7H2,1H3,(H,13,18). The molecular weight excluding hydrogens is 230 g/mol. The van der Waals surface area contributed by atoms with Crippen LogP contribution in [0.25, 0.3) is 0 Å². The summed E-state index contributed by atoms with van der Waals surface area (Å²) >= 11 is 0. The number of carbonyl (C=O) groups excluding carboxylic acids is 1. The van der Waals surface area contributed by atoms with E-state index in [-0.39, 0.29) is 5.91 Å². The largest absolute Gasteiger partial charge is 0.354 e. The van der Waals surface area contributed by atoms with Crippen molar-refractivity contribution < 1.29 is 4.79 Å². The molecular formula is C12H17N5O. The van der Waals surface area contributed by atoms with Crippen LogP contribution in [0.15, 0.2) is 12.4 Å². The highest BCUT2D eigenvalue weighted by molar-refractivity contribution is 5.78. The number of nitrogens with zero attached hydrogens (tertiary/aromatic N) is 4. The van der Waals surface area contributed by atoms with Gasteiger partial charge in [-0.05, 0) is 6.92 Å². The summed E-state index contributed by atoms with van der Waals surface area (Å²) in [5.41, 5.74) is 0.987. The van der Waals surface area contributed by atoms with Crippen molar-refractivity contribution in [2.24, 2.45) is 0 Å². The molecule has 6 heteroatoms. The molecule has 0 aromatic carbocycles. The van der Waals surface area contributed by atoms with E-state index in [1.165, 1.54) is 0 Å². The lowest BCUT2D eigenvalue weighted by atomic mass is 10.1. The number of hydrogen-bond donors (Lipinski definition) is 1. The van der Waals surface area contributed by atoms with Crippen molar-refractivity contribution in [2.45, 2.75) is 13.0 Å². The molecule has 6 nitrogen and oxygen atoms in total. The summed E-state index contributed by atoms with van der Waals surface area (Å²) in [6.45, 7) is 6.11. The Morgan fingerprint density at radius 2 is 2.22 bits per heavy atom. The van der Waals surface area contributed by atoms with E-state index in [2.05, 4.69) is 25.1 Å². The summed E-state index contributed by atoms with van der Waals surface area (Å²) < 4.78 is 0. The third-order valence-electron chi connectivity index (χ3n) is 3.56. The van der Waals surface area contributed by atoms with Gasteiger partial charge in [0.2, 0.25) is 5.91 Å². The molecule has 3 heterocycles. The zero-order valence-electron chi connectivity index (χ0n) is 10.5. The van der Waals surface area contributed by atoms with Crippen molar-refractivity contribution in [3.05, 3.63) is 18.1 Å². The van der Waals surface area contributed by atoms with E-state index in [4.69, 9.17) is 0 Å². The lowest BCUT2D eigenvalue weighted by Gasteiger charge is -2.46. The summed E-state index contributed by atoms with van der Waals surface area (Å²) in [5, 5.41) is 2.85. The van der Waals surface area contributed by atoms with Crippen molar-refractivity contribution in [3.63, 3.8) is 0 Å². The maximum atomic E-state index is 11.3. The molecule has 18 heavy (non-hydrogen) atoms. The van der Waals surface area contributed by atoms with Crippen molar-refractivity contribution in [2.75, 3.05) is 37.6 Å². The Hall–Kier alpha value is -1.69. The molecule has 1 N–H and O–H groups in total. The zero-order valence-corrected chi connectivity index (χ0v) is 10.5. The van der Waals surface area contributed by atoms with Gasteiger partial charge in [0.15, 0.2) is 0 Å². The van der Waals surface area contributed by atoms with E-state index in [1.54, 1.807) is 6.33 Å². The number of aromatic nitrogens is 2. The molecule has 0 atom stereocenters. The molecule has 96 valence electrons. The number of aryl methyl sites for hydroxylation is 1. The van der Waals surface area contributed by atoms with Gasteiger partial charge in [-0.3, -0.25) is 9.69 Å². The van der Waals surface area contributed by atoms with Crippen LogP contribution < -0.4 is 10.2 Å². The average molecular weight is 247 g/mol. The number of piperazine rings is 1. The van der Waals surface area contributed by atoms with Crippen LogP contribution in [0.5, 0.6) is 0 Å². The molecule has 1 amide bonds. The second kappa shape index (κ2) is 4.53. The molecule has 0 radical (unpaired) electrons. The molecule has 2 saturated heterocycles. The highest BCUT2D eigenvalue weighted by Gasteiger charge is 2.34. The molecule has 2 fully saturated rings. The Morgan fingerprint density at radius 3 is 2.94 bits per heavy atom. The topological polar surface area (TPSA) is 61.4 Å². The zero-order chi connectivity index (χ0) is 12.5. The number of carbonyl (C=O) groups is 1. The molecule has 0 unspecified atom stereocenters. The fourth-order valence-electron chi connectivity index (χ4n) is 2.46. The number of rotatable bonds is 2. The third kappa shape index (κ3) is 2.15. The summed E-state index contributed by atoms with van der Waals surface area (Å²) in [4.78, 5) is 24.2. The van der Waals surface area contributed by atoms with Crippen LogP contribution in [0, 0.1) is 6.92 Å². The first-order chi connectivity index (χ1) is 8.72. The summed E-state index contributed by atoms with van der Waals surface area (Å²) in [5.74, 6) is 1.12. The predicted octanol–water partition coefficient (Wildman–Crippen LogP) is -0.595. The van der Waals surface area contributed by atoms with Crippen LogP contribution in [0.1, 0.15) is 5.69 Å². The van der Waals surface area contributed by atoms with Crippen LogP contribution in [0.3, 0.4) is 0 Å². The fourth-order valence-corrected chi connectivity index (χ4v) is 2.46. The highest BCUT2D eigenvalue weighted by atomic mass is 16.2. The fraction of sp³-hybridized carbons (Fsp3) is 0.583. The Kier molecular flexibility index (Phi) is 2.87. The predicted molar refractivity (Wildman–Crippen MR) is 67.4 cm³/mol. The van der Waals surface area contributed by atoms with E-state index in [0.29, 0.717) is 12.6 Å². The SMILES string of the molecule is Cc1cc(N2CC(N3CCNC(=O)C3)C2)ncn1. The van der Waals surface area contributed by atoms with Crippen LogP contribution in [0.2, 0.25) is 0 Å². The summed E-state index contributed by atoms with van der Waals surface area (Å²) in [6.07, 6.45) is 1.60. The van der Waals surface area contributed by atoms with Gasteiger partial charge in [-0.15, -0.1) is 0 Å². The minimum Gasteiger partial charge on any atom is -0.354 e. The third-order valence-corrected chi connectivity index (χ3v) is 3.56. The second-order valence-corrected chi connectivity index (χ2v) is 4.90. The van der Waals surface area contributed by atoms with Crippen molar-refractivity contribution in [1.29, 1.82) is 0 Å². The number of nitrogens with one attached hydrogen (secondary N) is 1. The van der Waals surface area contributed by atoms with Gasteiger partial charge >= 0.3 is 0 Å². The molecule has 1 aromatic heterocycles. The Morgan fingerprint density at radius 1 is 1.39 bits per heavy atom. The Balaban J connectivity index is 1.58. The van der Waals surface area contributed by atoms with Crippen molar-refractivity contribution in [3.8, 4) is 0 Å². The minimum absolute atomic E-state index is 0.137. The first kappa shape index (κ1) is 11.4. The quantitative estimate of drug-likeness (QED) is 0.756. The van der Waals surface area contributed by atoms with Gasteiger partial charge in [0.25, 0.3) is 0 Å². The van der Waals surface area contributed by atoms with Crippen molar-refractivity contribution >= 4 is 11.7 Å². The van der Waals surface area contributed by atoms with Crippen LogP contribution in [0.4, 0.5) is 5.82 Å². The first-order valence-corrected chi connectivity index (χ1v) is 6.27. The van der Waals surface area contributed by atoms with Crippen LogP contribution in [-0.2, 0) is 4.79 Å². The molecule has 0 spiro atoms. The Labute approximate surface area is 106 Å². The molecule has 0 bridgehead atoms.